The number of fused-ring (bicyclic) bond motifs is 2. The van der Waals surface area contributed by atoms with Gasteiger partial charge in [-0.1, -0.05) is 43.9 Å². The van der Waals surface area contributed by atoms with Gasteiger partial charge in [-0.3, -0.25) is 18.5 Å². The standard InChI is InChI=1S/C33H32FN9O2S.C27H24FN9S.C10H17NO5.CH4/c1-3-25-31(41(2)33-40-30(28(12-35)46-33)20-4-7-23(34)8-5-20)43-18-21(6-9-29(43)39-25)22-13-37-32(38-14-22)42-16-19(17-42)10-27(45)26-11-24(44)15-36-26;1-3-21-25(35(2)27-34-24(22(10-29)38-27)16-4-7-19(28)8-5-16)37-13-17(6-9-23(37)33-21)18-11-31-26(32-12-18)36-14-20(30)15-36;1-10(2,3)16-9(15)11-5-6(12)4-7(11)8(13)14;/h4-9,13-14,18-19,24,26,36,44H,3,10-11,15-17H2,1-2H3;4-9,11-13,20H,3,14-15,30H2,1-2H3;6-7,12H,4-5H2,1-3H3,(H,13,14);1H4/t24-,26-;;6-,7?;/m0.0./s1. The molecular weight excluding hydrogens is 1330 g/mol. The molecule has 1 amide bonds. The van der Waals surface area contributed by atoms with Crippen molar-refractivity contribution in [3.63, 3.8) is 0 Å². The van der Waals surface area contributed by atoms with Crippen molar-refractivity contribution in [3.05, 3.63) is 143 Å². The number of aliphatic carboxylic acids is 1. The molecule has 0 spiro atoms. The van der Waals surface area contributed by atoms with E-state index in [0.717, 1.165) is 87.7 Å². The molecule has 0 radical (unpaired) electrons. The normalized spacial score (nSPS) is 17.4. The molecule has 2 aromatic carbocycles. The Morgan fingerprint density at radius 2 is 1.10 bits per heavy atom. The first-order chi connectivity index (χ1) is 48.0. The van der Waals surface area contributed by atoms with E-state index < -0.39 is 35.9 Å². The number of aliphatic hydroxyl groups is 2. The van der Waals surface area contributed by atoms with E-state index in [4.69, 9.17) is 35.5 Å². The maximum absolute atomic E-state index is 13.5. The molecule has 14 rings (SSSR count). The van der Waals surface area contributed by atoms with Gasteiger partial charge in [0.25, 0.3) is 0 Å². The Balaban J connectivity index is 0.000000168. The van der Waals surface area contributed by atoms with Crippen LogP contribution in [0.25, 0.3) is 56.1 Å². The van der Waals surface area contributed by atoms with Crippen LogP contribution in [0, 0.1) is 40.2 Å². The fraction of sp³-hybridized carbons (Fsp3) is 0.366. The van der Waals surface area contributed by atoms with Crippen molar-refractivity contribution in [1.82, 2.24) is 58.9 Å². The van der Waals surface area contributed by atoms with Crippen molar-refractivity contribution in [1.29, 1.82) is 10.5 Å². The zero-order chi connectivity index (χ0) is 70.8. The number of amides is 1. The Hall–Kier alpha value is -10.5. The third-order valence-corrected chi connectivity index (χ3v) is 19.5. The van der Waals surface area contributed by atoms with Gasteiger partial charge in [-0.25, -0.2) is 58.2 Å². The number of hydrogen-bond donors (Lipinski definition) is 5. The van der Waals surface area contributed by atoms with Gasteiger partial charge in [-0.2, -0.15) is 10.5 Å². The van der Waals surface area contributed by atoms with Crippen LogP contribution in [0.4, 0.5) is 47.4 Å². The molecule has 8 aromatic heterocycles. The topological polar surface area (TPSA) is 335 Å². The quantitative estimate of drug-likeness (QED) is 0.0600. The van der Waals surface area contributed by atoms with Gasteiger partial charge in [0.2, 0.25) is 11.9 Å². The predicted octanol–water partition coefficient (Wildman–Crippen LogP) is 9.85. The molecule has 6 N–H and O–H groups in total. The highest BCUT2D eigenvalue weighted by Gasteiger charge is 2.41. The van der Waals surface area contributed by atoms with Crippen LogP contribution in [-0.2, 0) is 27.2 Å². The summed E-state index contributed by atoms with van der Waals surface area (Å²) in [6.07, 6.45) is 11.8. The smallest absolute Gasteiger partial charge is 0.411 e. The van der Waals surface area contributed by atoms with Gasteiger partial charge in [0.1, 0.15) is 85.3 Å². The number of Topliss-reactive ketones (excluding diaryl/α,β-unsaturated/α-hetero) is 1. The number of hydrogen-bond acceptors (Lipinski definition) is 24. The molecule has 4 fully saturated rings. The van der Waals surface area contributed by atoms with E-state index in [1.807, 2.05) is 101 Å². The van der Waals surface area contributed by atoms with Crippen molar-refractivity contribution in [2.24, 2.45) is 11.7 Å². The number of anilines is 6. The number of ketones is 1. The molecule has 101 heavy (non-hydrogen) atoms. The first kappa shape index (κ1) is 71.8. The summed E-state index contributed by atoms with van der Waals surface area (Å²) in [7, 11) is 3.82. The van der Waals surface area contributed by atoms with Crippen LogP contribution in [0.5, 0.6) is 0 Å². The lowest BCUT2D eigenvalue weighted by Crippen LogP contribution is -2.56. The summed E-state index contributed by atoms with van der Waals surface area (Å²) in [4.78, 5) is 82.6. The maximum Gasteiger partial charge on any atom is 0.411 e. The van der Waals surface area contributed by atoms with Crippen molar-refractivity contribution >= 4 is 85.6 Å². The minimum Gasteiger partial charge on any atom is -0.480 e. The number of nitrogens with zero attached hydrogens (tertiary/aromatic N) is 17. The summed E-state index contributed by atoms with van der Waals surface area (Å²) in [6.45, 7) is 12.7. The third kappa shape index (κ3) is 15.6. The van der Waals surface area contributed by atoms with E-state index in [0.29, 0.717) is 86.7 Å². The number of nitriles is 2. The number of benzene rings is 2. The van der Waals surface area contributed by atoms with Crippen LogP contribution in [0.15, 0.2) is 110 Å². The van der Waals surface area contributed by atoms with Gasteiger partial charge in [0, 0.05) is 142 Å². The number of nitrogens with one attached hydrogen (secondary N) is 1. The van der Waals surface area contributed by atoms with Gasteiger partial charge in [0.15, 0.2) is 10.3 Å². The van der Waals surface area contributed by atoms with Crippen molar-refractivity contribution < 1.29 is 43.2 Å². The number of carboxylic acid groups (broad SMARTS) is 1. The van der Waals surface area contributed by atoms with Gasteiger partial charge < -0.3 is 50.7 Å². The van der Waals surface area contributed by atoms with E-state index in [1.54, 1.807) is 45.0 Å². The zero-order valence-corrected chi connectivity index (χ0v) is 57.5. The summed E-state index contributed by atoms with van der Waals surface area (Å²) < 4.78 is 36.1. The van der Waals surface area contributed by atoms with Gasteiger partial charge in [-0.15, -0.1) is 0 Å². The molecule has 30 heteroatoms. The number of β-amino-alcohol motifs (C(OH)–C–C–N with tert-alkyl or cyclic N) is 2. The average Bonchev–Trinajstić information content (AvgIpc) is 1.66. The number of rotatable bonds is 16. The van der Waals surface area contributed by atoms with Crippen LogP contribution in [0.2, 0.25) is 0 Å². The summed E-state index contributed by atoms with van der Waals surface area (Å²) >= 11 is 2.57. The Bertz CT molecular complexity index is 4730. The van der Waals surface area contributed by atoms with Crippen LogP contribution in [0.1, 0.15) is 82.4 Å². The average molecular weight is 1410 g/mol. The van der Waals surface area contributed by atoms with E-state index >= 15 is 0 Å². The molecule has 26 nitrogen and oxygen atoms in total. The predicted molar refractivity (Wildman–Crippen MR) is 381 cm³/mol. The molecule has 0 saturated carbocycles. The first-order valence-corrected chi connectivity index (χ1v) is 34.2. The maximum atomic E-state index is 13.5. The van der Waals surface area contributed by atoms with Crippen molar-refractivity contribution in [2.45, 2.75) is 110 Å². The monoisotopic (exact) mass is 1410 g/mol. The molecule has 4 atom stereocenters. The number of ether oxygens (including phenoxy) is 1. The second kappa shape index (κ2) is 30.2. The Kier molecular flexibility index (Phi) is 21.4. The van der Waals surface area contributed by atoms with E-state index in [1.165, 1.54) is 46.9 Å². The lowest BCUT2D eigenvalue weighted by Gasteiger charge is -2.39. The summed E-state index contributed by atoms with van der Waals surface area (Å²) in [5, 5.41) is 51.9. The highest BCUT2D eigenvalue weighted by molar-refractivity contribution is 7.17. The van der Waals surface area contributed by atoms with Crippen LogP contribution in [-0.4, -0.2) is 176 Å². The highest BCUT2D eigenvalue weighted by Crippen LogP contribution is 2.40. The Morgan fingerprint density at radius 1 is 0.653 bits per heavy atom. The molecule has 0 bridgehead atoms. The number of carbonyl (C=O) groups excluding carboxylic acids is 2. The fourth-order valence-corrected chi connectivity index (χ4v) is 14.0. The van der Waals surface area contributed by atoms with E-state index in [9.17, 15) is 43.9 Å². The number of imidazole rings is 2. The molecule has 4 aliphatic heterocycles. The minimum absolute atomic E-state index is 0. The summed E-state index contributed by atoms with van der Waals surface area (Å²) in [5.41, 5.74) is 14.6. The van der Waals surface area contributed by atoms with Crippen LogP contribution >= 0.6 is 22.7 Å². The molecule has 10 aromatic rings. The minimum atomic E-state index is -1.12. The number of likely N-dealkylation sites (tertiary alicyclic amines) is 1. The molecular formula is C71H77F2N19O7S2. The zero-order valence-electron chi connectivity index (χ0n) is 55.9. The van der Waals surface area contributed by atoms with E-state index in [2.05, 4.69) is 54.1 Å². The summed E-state index contributed by atoms with van der Waals surface area (Å²) in [6, 6.07) is 23.4. The number of aromatic nitrogens is 10. The molecule has 4 saturated heterocycles. The number of pyridine rings is 2. The second-order valence-corrected chi connectivity index (χ2v) is 27.8. The number of aliphatic hydroxyl groups excluding tert-OH is 2. The van der Waals surface area contributed by atoms with Crippen LogP contribution < -0.4 is 30.7 Å². The highest BCUT2D eigenvalue weighted by atomic mass is 32.1. The number of carboxylic acids is 1. The molecule has 1 unspecified atom stereocenters. The van der Waals surface area contributed by atoms with Crippen molar-refractivity contribution in [2.75, 3.05) is 73.0 Å². The lowest BCUT2D eigenvalue weighted by atomic mass is 9.91. The number of halogens is 2. The molecule has 4 aliphatic rings. The van der Waals surface area contributed by atoms with Crippen LogP contribution in [0.3, 0.4) is 0 Å². The molecule has 0 aliphatic carbocycles. The largest absolute Gasteiger partial charge is 0.480 e. The molecule has 12 heterocycles. The fourth-order valence-electron chi connectivity index (χ4n) is 12.3. The number of thiazole rings is 2. The number of nitrogens with two attached hydrogens (primary N) is 1. The Morgan fingerprint density at radius 3 is 1.50 bits per heavy atom. The SMILES string of the molecule is C.CC(C)(C)OC(=O)N1C[C@@H](O)CC1C(=O)O.CCc1nc2ccc(-c3cnc(N4CC(CC(=O)[C@@H]5C[C@H](O)CN5)C4)nc3)cn2c1N(C)c1nc(-c2ccc(F)cc2)c(C#N)s1.CCc1nc2ccc(-c3cnc(N4CC(N)C4)nc3)cn2c1N(C)c1nc(-c2ccc(F)cc2)c(C#N)s1. The van der Waals surface area contributed by atoms with Crippen molar-refractivity contribution in [3.8, 4) is 56.9 Å². The van der Waals surface area contributed by atoms with Gasteiger partial charge in [-0.05, 0) is 113 Å². The Labute approximate surface area is 589 Å². The molecule has 524 valence electrons. The van der Waals surface area contributed by atoms with Gasteiger partial charge >= 0.3 is 12.1 Å². The number of carbonyl (C=O) groups is 3. The number of aryl methyl sites for hydroxylation is 2. The summed E-state index contributed by atoms with van der Waals surface area (Å²) in [5.74, 6) is 1.63. The third-order valence-electron chi connectivity index (χ3n) is 17.4. The lowest BCUT2D eigenvalue weighted by molar-refractivity contribution is -0.142. The van der Waals surface area contributed by atoms with Gasteiger partial charge in [0.05, 0.1) is 36.2 Å². The second-order valence-electron chi connectivity index (χ2n) is 25.8. The first-order valence-electron chi connectivity index (χ1n) is 32.5. The van der Waals surface area contributed by atoms with E-state index in [-0.39, 0.29) is 55.8 Å².